The van der Waals surface area contributed by atoms with E-state index in [1.54, 1.807) is 0 Å². The molecule has 2 aliphatic carbocycles. The Balaban J connectivity index is 1.54. The Kier molecular flexibility index (Phi) is 6.16. The van der Waals surface area contributed by atoms with Gasteiger partial charge in [-0.05, 0) is 39.5 Å². The largest absolute Gasteiger partial charge is 0.378 e. The fraction of sp³-hybridized carbons (Fsp3) is 0.842. The summed E-state index contributed by atoms with van der Waals surface area (Å²) in [6, 6.07) is 0.392. The van der Waals surface area contributed by atoms with Crippen LogP contribution in [0.2, 0.25) is 0 Å². The number of rotatable bonds is 7. The minimum atomic E-state index is -0.0682. The molecule has 2 atom stereocenters. The predicted molar refractivity (Wildman–Crippen MR) is 99.8 cm³/mol. The standard InChI is InChI=1S/C19H32N4O3/c1-3-20-18(21-11-12-23-16(24)7-5-8-17(23)25)22-14-13-15(26-4-2)19(14)9-6-10-19/h14-15H,3-13H2,1-2H3,(H2,20,21,22). The van der Waals surface area contributed by atoms with E-state index in [-0.39, 0.29) is 17.2 Å². The molecule has 2 unspecified atom stereocenters. The van der Waals surface area contributed by atoms with Crippen molar-refractivity contribution in [3.05, 3.63) is 0 Å². The van der Waals surface area contributed by atoms with Crippen molar-refractivity contribution in [3.8, 4) is 0 Å². The van der Waals surface area contributed by atoms with Gasteiger partial charge in [0.25, 0.3) is 0 Å². The van der Waals surface area contributed by atoms with E-state index in [9.17, 15) is 9.59 Å². The topological polar surface area (TPSA) is 83.0 Å². The maximum atomic E-state index is 11.9. The molecule has 0 aromatic carbocycles. The number of ether oxygens (including phenoxy) is 1. The van der Waals surface area contributed by atoms with Gasteiger partial charge in [0.2, 0.25) is 11.8 Å². The van der Waals surface area contributed by atoms with Gasteiger partial charge in [0, 0.05) is 44.0 Å². The highest BCUT2D eigenvalue weighted by molar-refractivity contribution is 5.97. The molecule has 1 heterocycles. The molecule has 7 heteroatoms. The maximum absolute atomic E-state index is 11.9. The summed E-state index contributed by atoms with van der Waals surface area (Å²) in [5.74, 6) is 0.637. The van der Waals surface area contributed by atoms with E-state index >= 15 is 0 Å². The van der Waals surface area contributed by atoms with Gasteiger partial charge in [0.05, 0.1) is 12.6 Å². The summed E-state index contributed by atoms with van der Waals surface area (Å²) in [6.45, 7) is 6.44. The zero-order valence-corrected chi connectivity index (χ0v) is 16.1. The average Bonchev–Trinajstić information content (AvgIpc) is 2.55. The molecule has 0 aromatic rings. The number of likely N-dealkylation sites (tertiary alicyclic amines) is 1. The number of nitrogens with zero attached hydrogens (tertiary/aromatic N) is 2. The van der Waals surface area contributed by atoms with Gasteiger partial charge in [-0.25, -0.2) is 0 Å². The van der Waals surface area contributed by atoms with Gasteiger partial charge in [-0.1, -0.05) is 6.42 Å². The molecule has 1 spiro atoms. The summed E-state index contributed by atoms with van der Waals surface area (Å²) in [5.41, 5.74) is 0.269. The van der Waals surface area contributed by atoms with Crippen molar-refractivity contribution in [2.75, 3.05) is 26.2 Å². The van der Waals surface area contributed by atoms with Crippen LogP contribution in [0.4, 0.5) is 0 Å². The van der Waals surface area contributed by atoms with Gasteiger partial charge in [-0.2, -0.15) is 0 Å². The number of imide groups is 1. The Hall–Kier alpha value is -1.63. The normalized spacial score (nSPS) is 27.9. The minimum Gasteiger partial charge on any atom is -0.378 e. The van der Waals surface area contributed by atoms with Gasteiger partial charge in [-0.3, -0.25) is 19.5 Å². The molecule has 3 fully saturated rings. The Labute approximate surface area is 155 Å². The molecule has 146 valence electrons. The van der Waals surface area contributed by atoms with Crippen molar-refractivity contribution >= 4 is 17.8 Å². The van der Waals surface area contributed by atoms with Crippen molar-refractivity contribution in [3.63, 3.8) is 0 Å². The monoisotopic (exact) mass is 364 g/mol. The molecule has 1 aliphatic heterocycles. The van der Waals surface area contributed by atoms with E-state index in [1.807, 2.05) is 6.92 Å². The molecule has 3 rings (SSSR count). The average molecular weight is 364 g/mol. The summed E-state index contributed by atoms with van der Waals surface area (Å²) in [7, 11) is 0. The fourth-order valence-electron chi connectivity index (χ4n) is 4.44. The van der Waals surface area contributed by atoms with Crippen molar-refractivity contribution in [2.24, 2.45) is 10.4 Å². The van der Waals surface area contributed by atoms with Crippen LogP contribution in [0.15, 0.2) is 4.99 Å². The van der Waals surface area contributed by atoms with Crippen LogP contribution in [0, 0.1) is 5.41 Å². The van der Waals surface area contributed by atoms with Gasteiger partial charge < -0.3 is 15.4 Å². The number of guanidine groups is 1. The SMILES string of the molecule is CCNC(=NCCN1C(=O)CCCC1=O)NC1CC(OCC)C12CCC2. The number of amides is 2. The number of carbonyl (C=O) groups is 2. The highest BCUT2D eigenvalue weighted by Gasteiger charge is 2.59. The molecule has 0 aromatic heterocycles. The molecular formula is C19H32N4O3. The first kappa shape index (κ1) is 19.1. The smallest absolute Gasteiger partial charge is 0.229 e. The Morgan fingerprint density at radius 3 is 2.54 bits per heavy atom. The number of nitrogens with one attached hydrogen (secondary N) is 2. The van der Waals surface area contributed by atoms with E-state index in [0.29, 0.717) is 44.5 Å². The second kappa shape index (κ2) is 8.37. The molecule has 0 radical (unpaired) electrons. The fourth-order valence-corrected chi connectivity index (χ4v) is 4.44. The summed E-state index contributed by atoms with van der Waals surface area (Å²) in [6.07, 6.45) is 6.69. The number of piperidine rings is 1. The van der Waals surface area contributed by atoms with Crippen LogP contribution in [0.25, 0.3) is 0 Å². The first-order valence-corrected chi connectivity index (χ1v) is 10.1. The lowest BCUT2D eigenvalue weighted by molar-refractivity contribution is -0.168. The van der Waals surface area contributed by atoms with Gasteiger partial charge in [0.15, 0.2) is 5.96 Å². The van der Waals surface area contributed by atoms with Crippen LogP contribution < -0.4 is 10.6 Å². The second-order valence-corrected chi connectivity index (χ2v) is 7.52. The molecule has 2 amide bonds. The van der Waals surface area contributed by atoms with E-state index in [1.165, 1.54) is 24.2 Å². The third-order valence-corrected chi connectivity index (χ3v) is 6.07. The Morgan fingerprint density at radius 1 is 1.23 bits per heavy atom. The van der Waals surface area contributed by atoms with Crippen molar-refractivity contribution < 1.29 is 14.3 Å². The van der Waals surface area contributed by atoms with Crippen LogP contribution in [0.5, 0.6) is 0 Å². The highest BCUT2D eigenvalue weighted by atomic mass is 16.5. The van der Waals surface area contributed by atoms with Crippen LogP contribution in [0.3, 0.4) is 0 Å². The van der Waals surface area contributed by atoms with Crippen LogP contribution in [-0.2, 0) is 14.3 Å². The molecule has 0 bridgehead atoms. The van der Waals surface area contributed by atoms with E-state index < -0.39 is 0 Å². The summed E-state index contributed by atoms with van der Waals surface area (Å²) in [4.78, 5) is 29.7. The number of carbonyl (C=O) groups excluding carboxylic acids is 2. The number of aliphatic imine (C=N–C) groups is 1. The molecule has 3 aliphatic rings. The Bertz CT molecular complexity index is 543. The first-order valence-electron chi connectivity index (χ1n) is 10.1. The lowest BCUT2D eigenvalue weighted by Crippen LogP contribution is -2.68. The van der Waals surface area contributed by atoms with E-state index in [4.69, 9.17) is 4.74 Å². The highest BCUT2D eigenvalue weighted by Crippen LogP contribution is 2.57. The van der Waals surface area contributed by atoms with Gasteiger partial charge >= 0.3 is 0 Å². The summed E-state index contributed by atoms with van der Waals surface area (Å²) in [5, 5.41) is 6.85. The van der Waals surface area contributed by atoms with E-state index in [2.05, 4.69) is 22.5 Å². The number of hydrogen-bond acceptors (Lipinski definition) is 4. The van der Waals surface area contributed by atoms with Crippen molar-refractivity contribution in [1.82, 2.24) is 15.5 Å². The van der Waals surface area contributed by atoms with Crippen LogP contribution >= 0.6 is 0 Å². The molecule has 1 saturated heterocycles. The molecule has 2 saturated carbocycles. The zero-order valence-electron chi connectivity index (χ0n) is 16.1. The third-order valence-electron chi connectivity index (χ3n) is 6.07. The predicted octanol–water partition coefficient (Wildman–Crippen LogP) is 1.43. The minimum absolute atomic E-state index is 0.0682. The third kappa shape index (κ3) is 3.72. The summed E-state index contributed by atoms with van der Waals surface area (Å²) >= 11 is 0. The quantitative estimate of drug-likeness (QED) is 0.406. The van der Waals surface area contributed by atoms with Crippen molar-refractivity contribution in [2.45, 2.75) is 70.9 Å². The second-order valence-electron chi connectivity index (χ2n) is 7.52. The van der Waals surface area contributed by atoms with Crippen LogP contribution in [-0.4, -0.2) is 61.1 Å². The lowest BCUT2D eigenvalue weighted by atomic mass is 9.51. The summed E-state index contributed by atoms with van der Waals surface area (Å²) < 4.78 is 5.91. The maximum Gasteiger partial charge on any atom is 0.229 e. The van der Waals surface area contributed by atoms with Crippen molar-refractivity contribution in [1.29, 1.82) is 0 Å². The van der Waals surface area contributed by atoms with Gasteiger partial charge in [0.1, 0.15) is 0 Å². The molecule has 26 heavy (non-hydrogen) atoms. The first-order chi connectivity index (χ1) is 12.6. The zero-order chi connectivity index (χ0) is 18.6. The molecule has 2 N–H and O–H groups in total. The lowest BCUT2D eigenvalue weighted by Gasteiger charge is -2.61. The molecular weight excluding hydrogens is 332 g/mol. The van der Waals surface area contributed by atoms with Crippen LogP contribution in [0.1, 0.15) is 58.8 Å². The number of hydrogen-bond donors (Lipinski definition) is 2. The molecule has 7 nitrogen and oxygen atoms in total. The van der Waals surface area contributed by atoms with Gasteiger partial charge in [-0.15, -0.1) is 0 Å². The van der Waals surface area contributed by atoms with E-state index in [0.717, 1.165) is 25.5 Å². The Morgan fingerprint density at radius 2 is 1.96 bits per heavy atom.